The molecule has 1 unspecified atom stereocenters. The summed E-state index contributed by atoms with van der Waals surface area (Å²) in [6, 6.07) is 16.9. The number of ether oxygens (including phenoxy) is 1. The number of rotatable bonds is 4. The molecule has 2 heterocycles. The molecule has 1 aliphatic rings. The molecule has 242 valence electrons. The van der Waals surface area contributed by atoms with Gasteiger partial charge in [-0.25, -0.2) is 9.37 Å². The zero-order valence-corrected chi connectivity index (χ0v) is 28.8. The van der Waals surface area contributed by atoms with Crippen LogP contribution in [0.5, 0.6) is 5.75 Å². The standard InChI is InChI=1S/C16H17FN2O.C11H15N.C4H10.C3H5N.C2H6.CH2O/c1-10-9-20-16-14(10)8-13(6-7-18)19-15(16)11-2-4-12(17)5-3-11;1-8(2)12-11-6-5-9(3)7-10(11)4;1-4(2)3;1-2-3-4;2*1-2/h2-5,8,10H,6-7,9,18H2,1H3;5-7H,1-4H3;4H,1-3H3;4H2,1H3;1-2H3;1H2. The number of carbonyl (C=O) groups excluding carboxylic acids is 1. The lowest BCUT2D eigenvalue weighted by atomic mass is 9.99. The zero-order chi connectivity index (χ0) is 34.2. The maximum atomic E-state index is 13.1. The van der Waals surface area contributed by atoms with Crippen molar-refractivity contribution < 1.29 is 13.9 Å². The fraction of sp³-hybridized carbons (Fsp3) is 0.432. The summed E-state index contributed by atoms with van der Waals surface area (Å²) in [5.74, 6) is 4.21. The number of hydrogen-bond acceptors (Lipinski definition) is 6. The minimum Gasteiger partial charge on any atom is -0.490 e. The molecule has 7 heteroatoms. The average molecular weight is 607 g/mol. The topological polar surface area (TPSA) is 104 Å². The Labute approximate surface area is 266 Å². The predicted molar refractivity (Wildman–Crippen MR) is 187 cm³/mol. The molecule has 0 saturated heterocycles. The monoisotopic (exact) mass is 606 g/mol. The summed E-state index contributed by atoms with van der Waals surface area (Å²) in [7, 11) is 0. The second kappa shape index (κ2) is 24.4. The number of pyridine rings is 1. The second-order valence-corrected chi connectivity index (χ2v) is 10.6. The normalized spacial score (nSPS) is 11.6. The van der Waals surface area contributed by atoms with E-state index in [1.807, 2.05) is 34.5 Å². The van der Waals surface area contributed by atoms with Gasteiger partial charge in [0.15, 0.2) is 0 Å². The van der Waals surface area contributed by atoms with E-state index in [2.05, 4.69) is 93.5 Å². The lowest BCUT2D eigenvalue weighted by Crippen LogP contribution is -2.06. The van der Waals surface area contributed by atoms with Crippen molar-refractivity contribution in [2.75, 3.05) is 13.2 Å². The number of benzene rings is 2. The molecule has 0 amide bonds. The van der Waals surface area contributed by atoms with Crippen molar-refractivity contribution in [3.63, 3.8) is 0 Å². The highest BCUT2D eigenvalue weighted by Crippen LogP contribution is 2.41. The smallest absolute Gasteiger partial charge is 0.149 e. The molecular formula is C37H55FN4O2. The Morgan fingerprint density at radius 2 is 1.64 bits per heavy atom. The van der Waals surface area contributed by atoms with Gasteiger partial charge >= 0.3 is 0 Å². The summed E-state index contributed by atoms with van der Waals surface area (Å²) in [4.78, 5) is 17.1. The Morgan fingerprint density at radius 1 is 1.09 bits per heavy atom. The highest BCUT2D eigenvalue weighted by atomic mass is 19.1. The van der Waals surface area contributed by atoms with E-state index in [9.17, 15) is 4.39 Å². The van der Waals surface area contributed by atoms with Crippen molar-refractivity contribution in [2.45, 2.75) is 88.5 Å². The first-order valence-corrected chi connectivity index (χ1v) is 15.1. The number of hydrogen-bond donors (Lipinski definition) is 2. The maximum absolute atomic E-state index is 13.1. The maximum Gasteiger partial charge on any atom is 0.149 e. The molecule has 2 aromatic carbocycles. The van der Waals surface area contributed by atoms with Crippen LogP contribution >= 0.6 is 0 Å². The molecule has 0 radical (unpaired) electrons. The molecule has 0 fully saturated rings. The Kier molecular flexibility index (Phi) is 23.4. The van der Waals surface area contributed by atoms with E-state index < -0.39 is 0 Å². The van der Waals surface area contributed by atoms with Crippen LogP contribution in [0.2, 0.25) is 0 Å². The SMILES string of the molecule is C=O.CC.CC#CN.CC(C)=Nc1ccc(C)cc1C.CC(C)C.CC1COc2c1cc(CCN)nc2-c1ccc(F)cc1. The number of aromatic nitrogens is 1. The largest absolute Gasteiger partial charge is 0.490 e. The molecule has 4 N–H and O–H groups in total. The Bertz CT molecular complexity index is 1300. The van der Waals surface area contributed by atoms with Crippen molar-refractivity contribution in [1.82, 2.24) is 4.98 Å². The molecule has 0 bridgehead atoms. The molecule has 6 nitrogen and oxygen atoms in total. The van der Waals surface area contributed by atoms with E-state index >= 15 is 0 Å². The quantitative estimate of drug-likeness (QED) is 0.176. The van der Waals surface area contributed by atoms with Gasteiger partial charge < -0.3 is 21.0 Å². The molecule has 44 heavy (non-hydrogen) atoms. The summed E-state index contributed by atoms with van der Waals surface area (Å²) >= 11 is 0. The van der Waals surface area contributed by atoms with Crippen LogP contribution in [0, 0.1) is 37.5 Å². The second-order valence-electron chi connectivity index (χ2n) is 10.6. The number of fused-ring (bicyclic) bond motifs is 1. The number of nitrogens with two attached hydrogens (primary N) is 2. The van der Waals surface area contributed by atoms with Crippen LogP contribution < -0.4 is 16.2 Å². The lowest BCUT2D eigenvalue weighted by Gasteiger charge is -2.10. The van der Waals surface area contributed by atoms with E-state index in [1.54, 1.807) is 19.1 Å². The first kappa shape index (κ1) is 42.1. The van der Waals surface area contributed by atoms with Crippen molar-refractivity contribution in [3.05, 3.63) is 76.7 Å². The highest BCUT2D eigenvalue weighted by Gasteiger charge is 2.25. The molecule has 1 atom stereocenters. The van der Waals surface area contributed by atoms with Crippen LogP contribution in [0.4, 0.5) is 10.1 Å². The van der Waals surface area contributed by atoms with Crippen LogP contribution in [0.3, 0.4) is 0 Å². The average Bonchev–Trinajstić information content (AvgIpc) is 3.37. The summed E-state index contributed by atoms with van der Waals surface area (Å²) in [6.45, 7) is 25.8. The van der Waals surface area contributed by atoms with Crippen LogP contribution in [-0.4, -0.2) is 30.6 Å². The third kappa shape index (κ3) is 16.6. The fourth-order valence-electron chi connectivity index (χ4n) is 3.68. The van der Waals surface area contributed by atoms with Gasteiger partial charge in [0.1, 0.15) is 24.0 Å². The minimum absolute atomic E-state index is 0.252. The number of aliphatic imine (C=N–C) groups is 1. The molecule has 1 aliphatic heterocycles. The summed E-state index contributed by atoms with van der Waals surface area (Å²) in [5, 5.41) is 0. The number of carbonyl (C=O) groups is 1. The van der Waals surface area contributed by atoms with Gasteiger partial charge in [-0.15, -0.1) is 0 Å². The Morgan fingerprint density at radius 3 is 2.09 bits per heavy atom. The third-order valence-corrected chi connectivity index (χ3v) is 5.42. The minimum atomic E-state index is -0.252. The van der Waals surface area contributed by atoms with E-state index in [0.29, 0.717) is 19.1 Å². The van der Waals surface area contributed by atoms with Crippen LogP contribution in [0.15, 0.2) is 53.5 Å². The van der Waals surface area contributed by atoms with Crippen molar-refractivity contribution >= 4 is 18.2 Å². The number of aryl methyl sites for hydroxylation is 2. The van der Waals surface area contributed by atoms with Crippen molar-refractivity contribution in [3.8, 4) is 29.0 Å². The van der Waals surface area contributed by atoms with Gasteiger partial charge in [-0.3, -0.25) is 4.99 Å². The van der Waals surface area contributed by atoms with Crippen LogP contribution in [0.25, 0.3) is 11.3 Å². The van der Waals surface area contributed by atoms with E-state index in [1.165, 1.54) is 28.8 Å². The number of halogens is 1. The van der Waals surface area contributed by atoms with Gasteiger partial charge in [0, 0.05) is 40.9 Å². The van der Waals surface area contributed by atoms with Crippen LogP contribution in [0.1, 0.15) is 90.6 Å². The van der Waals surface area contributed by atoms with Gasteiger partial charge in [0.05, 0.1) is 12.3 Å². The van der Waals surface area contributed by atoms with E-state index in [-0.39, 0.29) is 5.82 Å². The molecule has 0 aliphatic carbocycles. The van der Waals surface area contributed by atoms with Gasteiger partial charge in [0.2, 0.25) is 0 Å². The van der Waals surface area contributed by atoms with Gasteiger partial charge in [-0.1, -0.05) is 65.2 Å². The molecule has 1 aromatic heterocycles. The van der Waals surface area contributed by atoms with Gasteiger partial charge in [-0.2, -0.15) is 0 Å². The first-order valence-electron chi connectivity index (χ1n) is 15.1. The molecule has 3 aromatic rings. The van der Waals surface area contributed by atoms with Crippen molar-refractivity contribution in [2.24, 2.45) is 22.4 Å². The third-order valence-electron chi connectivity index (χ3n) is 5.42. The molecule has 0 saturated carbocycles. The van der Waals surface area contributed by atoms with Gasteiger partial charge in [0.25, 0.3) is 0 Å². The van der Waals surface area contributed by atoms with Gasteiger partial charge in [-0.05, 0) is 89.0 Å². The Hall–Kier alpha value is -4.02. The first-order chi connectivity index (χ1) is 20.9. The molecule has 4 rings (SSSR count). The molecule has 0 spiro atoms. The van der Waals surface area contributed by atoms with E-state index in [4.69, 9.17) is 15.3 Å². The summed E-state index contributed by atoms with van der Waals surface area (Å²) < 4.78 is 18.8. The predicted octanol–water partition coefficient (Wildman–Crippen LogP) is 8.73. The number of nitrogens with zero attached hydrogens (tertiary/aromatic N) is 2. The van der Waals surface area contributed by atoms with E-state index in [0.717, 1.165) is 46.4 Å². The van der Waals surface area contributed by atoms with Crippen molar-refractivity contribution in [1.29, 1.82) is 0 Å². The Balaban J connectivity index is 0. The van der Waals surface area contributed by atoms with Crippen LogP contribution in [-0.2, 0) is 11.2 Å². The highest BCUT2D eigenvalue weighted by molar-refractivity contribution is 5.82. The lowest BCUT2D eigenvalue weighted by molar-refractivity contribution is -0.0980. The summed E-state index contributed by atoms with van der Waals surface area (Å²) in [5.41, 5.74) is 18.8. The molecular weight excluding hydrogens is 551 g/mol. The zero-order valence-electron chi connectivity index (χ0n) is 28.8. The fourth-order valence-corrected chi connectivity index (χ4v) is 3.68. The summed E-state index contributed by atoms with van der Waals surface area (Å²) in [6.07, 6.45) is 0.730.